The minimum absolute atomic E-state index is 0.239. The van der Waals surface area contributed by atoms with Crippen LogP contribution in [0.4, 0.5) is 0 Å². The summed E-state index contributed by atoms with van der Waals surface area (Å²) in [6.45, 7) is 0. The van der Waals surface area contributed by atoms with Crippen LogP contribution in [-0.4, -0.2) is 5.78 Å². The largest absolute Gasteiger partial charge is 0.300 e. The van der Waals surface area contributed by atoms with Gasteiger partial charge in [-0.2, -0.15) is 5.26 Å². The highest BCUT2D eigenvalue weighted by molar-refractivity contribution is 5.83. The first-order valence-electron chi connectivity index (χ1n) is 3.24. The Kier molecular flexibility index (Phi) is 0.751. The molecule has 0 spiro atoms. The highest BCUT2D eigenvalue weighted by Crippen LogP contribution is 2.55. The maximum absolute atomic E-state index is 10.6. The summed E-state index contributed by atoms with van der Waals surface area (Å²) < 4.78 is 0. The summed E-state index contributed by atoms with van der Waals surface area (Å²) in [5, 5.41) is 8.44. The lowest BCUT2D eigenvalue weighted by Gasteiger charge is -1.88. The Morgan fingerprint density at radius 2 is 2.00 bits per heavy atom. The van der Waals surface area contributed by atoms with Gasteiger partial charge in [-0.05, 0) is 11.8 Å². The maximum Gasteiger partial charge on any atom is 0.133 e. The Hall–Kier alpha value is -0.840. The minimum Gasteiger partial charge on any atom is -0.300 e. The zero-order valence-corrected chi connectivity index (χ0v) is 5.00. The van der Waals surface area contributed by atoms with Crippen LogP contribution in [0.15, 0.2) is 0 Å². The number of hydrogen-bond donors (Lipinski definition) is 0. The third-order valence-corrected chi connectivity index (χ3v) is 2.41. The normalized spacial score (nSPS) is 46.1. The van der Waals surface area contributed by atoms with Gasteiger partial charge in [0.25, 0.3) is 0 Å². The lowest BCUT2D eigenvalue weighted by Crippen LogP contribution is -1.95. The molecule has 2 aliphatic carbocycles. The fourth-order valence-electron chi connectivity index (χ4n) is 1.80. The average molecular weight is 121 g/mol. The first-order valence-corrected chi connectivity index (χ1v) is 3.24. The van der Waals surface area contributed by atoms with Gasteiger partial charge in [-0.1, -0.05) is 0 Å². The van der Waals surface area contributed by atoms with Crippen molar-refractivity contribution in [2.24, 2.45) is 17.8 Å². The molecule has 2 nitrogen and oxygen atoms in total. The predicted molar refractivity (Wildman–Crippen MR) is 30.3 cm³/mol. The van der Waals surface area contributed by atoms with Crippen LogP contribution in [0, 0.1) is 29.1 Å². The van der Waals surface area contributed by atoms with E-state index in [-0.39, 0.29) is 5.92 Å². The van der Waals surface area contributed by atoms with Gasteiger partial charge < -0.3 is 0 Å². The van der Waals surface area contributed by atoms with E-state index in [1.54, 1.807) is 0 Å². The third-order valence-electron chi connectivity index (χ3n) is 2.41. The zero-order chi connectivity index (χ0) is 6.43. The van der Waals surface area contributed by atoms with Crippen molar-refractivity contribution in [1.82, 2.24) is 0 Å². The van der Waals surface area contributed by atoms with Crippen molar-refractivity contribution in [3.8, 4) is 6.07 Å². The van der Waals surface area contributed by atoms with Gasteiger partial charge in [0.05, 0.1) is 12.0 Å². The standard InChI is InChI=1S/C7H7NO/c8-3-7-5-1-4(9)2-6(5)7/h5-7H,1-2H2/t5-,6?,7?/m0/s1. The molecule has 0 aromatic rings. The molecule has 2 heteroatoms. The lowest BCUT2D eigenvalue weighted by atomic mass is 10.1. The predicted octanol–water partition coefficient (Wildman–Crippen LogP) is 0.735. The van der Waals surface area contributed by atoms with Crippen molar-refractivity contribution in [2.45, 2.75) is 12.8 Å². The van der Waals surface area contributed by atoms with Crippen molar-refractivity contribution in [1.29, 1.82) is 5.26 Å². The summed E-state index contributed by atoms with van der Waals surface area (Å²) in [6.07, 6.45) is 1.37. The Morgan fingerprint density at radius 3 is 2.44 bits per heavy atom. The number of fused-ring (bicyclic) bond motifs is 1. The summed E-state index contributed by atoms with van der Waals surface area (Å²) in [4.78, 5) is 10.6. The van der Waals surface area contributed by atoms with Crippen LogP contribution in [0.3, 0.4) is 0 Å². The molecule has 0 aromatic heterocycles. The molecule has 0 amide bonds. The van der Waals surface area contributed by atoms with E-state index in [0.717, 1.165) is 0 Å². The van der Waals surface area contributed by atoms with Gasteiger partial charge in [-0.3, -0.25) is 4.79 Å². The molecule has 2 aliphatic rings. The summed E-state index contributed by atoms with van der Waals surface area (Å²) >= 11 is 0. The van der Waals surface area contributed by atoms with Crippen LogP contribution in [-0.2, 0) is 4.79 Å². The molecule has 2 rings (SSSR count). The van der Waals surface area contributed by atoms with Crippen LogP contribution in [0.1, 0.15) is 12.8 Å². The molecule has 0 heterocycles. The van der Waals surface area contributed by atoms with E-state index >= 15 is 0 Å². The second kappa shape index (κ2) is 1.36. The molecule has 0 N–H and O–H groups in total. The van der Waals surface area contributed by atoms with Crippen LogP contribution in [0.2, 0.25) is 0 Å². The second-order valence-corrected chi connectivity index (χ2v) is 2.93. The molecule has 0 saturated heterocycles. The number of nitriles is 1. The Labute approximate surface area is 53.5 Å². The van der Waals surface area contributed by atoms with E-state index in [9.17, 15) is 4.79 Å². The first-order chi connectivity index (χ1) is 4.33. The van der Waals surface area contributed by atoms with Gasteiger partial charge in [0.2, 0.25) is 0 Å². The molecule has 9 heavy (non-hydrogen) atoms. The van der Waals surface area contributed by atoms with Gasteiger partial charge in [0, 0.05) is 12.8 Å². The first kappa shape index (κ1) is 4.99. The summed E-state index contributed by atoms with van der Waals surface area (Å²) in [5.41, 5.74) is 0. The topological polar surface area (TPSA) is 40.9 Å². The van der Waals surface area contributed by atoms with E-state index in [2.05, 4.69) is 6.07 Å². The smallest absolute Gasteiger partial charge is 0.133 e. The summed E-state index contributed by atoms with van der Waals surface area (Å²) in [5.74, 6) is 1.52. The zero-order valence-electron chi connectivity index (χ0n) is 5.00. The van der Waals surface area contributed by atoms with Gasteiger partial charge in [-0.25, -0.2) is 0 Å². The molecule has 2 unspecified atom stereocenters. The molecule has 0 aromatic carbocycles. The van der Waals surface area contributed by atoms with Gasteiger partial charge in [0.1, 0.15) is 5.78 Å². The number of carbonyl (C=O) groups is 1. The minimum atomic E-state index is 0.239. The molecule has 0 bridgehead atoms. The molecule has 2 saturated carbocycles. The SMILES string of the molecule is N#CC1C2CC(=O)C[C@H]12. The Morgan fingerprint density at radius 1 is 1.44 bits per heavy atom. The number of rotatable bonds is 0. The quantitative estimate of drug-likeness (QED) is 0.474. The van der Waals surface area contributed by atoms with Crippen molar-refractivity contribution in [2.75, 3.05) is 0 Å². The van der Waals surface area contributed by atoms with Crippen LogP contribution < -0.4 is 0 Å². The lowest BCUT2D eigenvalue weighted by molar-refractivity contribution is -0.118. The summed E-state index contributed by atoms with van der Waals surface area (Å²) in [7, 11) is 0. The van der Waals surface area contributed by atoms with Crippen molar-refractivity contribution in [3.05, 3.63) is 0 Å². The highest BCUT2D eigenvalue weighted by atomic mass is 16.1. The molecular formula is C7H7NO. The number of carbonyl (C=O) groups excluding carboxylic acids is 1. The van der Waals surface area contributed by atoms with Gasteiger partial charge in [0.15, 0.2) is 0 Å². The van der Waals surface area contributed by atoms with E-state index in [1.807, 2.05) is 0 Å². The molecule has 46 valence electrons. The Balaban J connectivity index is 2.08. The number of nitrogens with zero attached hydrogens (tertiary/aromatic N) is 1. The average Bonchev–Trinajstić information content (AvgIpc) is 2.30. The van der Waals surface area contributed by atoms with Crippen molar-refractivity contribution >= 4 is 5.78 Å². The van der Waals surface area contributed by atoms with Crippen molar-refractivity contribution in [3.63, 3.8) is 0 Å². The van der Waals surface area contributed by atoms with Crippen molar-refractivity contribution < 1.29 is 4.79 Å². The third kappa shape index (κ3) is 0.519. The van der Waals surface area contributed by atoms with Gasteiger partial charge >= 0.3 is 0 Å². The number of Topliss-reactive ketones (excluding diaryl/α,β-unsaturated/α-hetero) is 1. The van der Waals surface area contributed by atoms with E-state index < -0.39 is 0 Å². The number of ketones is 1. The number of hydrogen-bond acceptors (Lipinski definition) is 2. The van der Waals surface area contributed by atoms with E-state index in [1.165, 1.54) is 0 Å². The van der Waals surface area contributed by atoms with Crippen LogP contribution >= 0.6 is 0 Å². The van der Waals surface area contributed by atoms with Crippen LogP contribution in [0.25, 0.3) is 0 Å². The van der Waals surface area contributed by atoms with Gasteiger partial charge in [-0.15, -0.1) is 0 Å². The molecule has 0 radical (unpaired) electrons. The fraction of sp³-hybridized carbons (Fsp3) is 0.714. The van der Waals surface area contributed by atoms with Crippen LogP contribution in [0.5, 0.6) is 0 Å². The molecular weight excluding hydrogens is 114 g/mol. The van der Waals surface area contributed by atoms with E-state index in [4.69, 9.17) is 5.26 Å². The monoisotopic (exact) mass is 121 g/mol. The van der Waals surface area contributed by atoms with E-state index in [0.29, 0.717) is 30.5 Å². The highest BCUT2D eigenvalue weighted by Gasteiger charge is 2.56. The molecule has 2 fully saturated rings. The molecule has 0 aliphatic heterocycles. The second-order valence-electron chi connectivity index (χ2n) is 2.93. The summed E-state index contributed by atoms with van der Waals surface area (Å²) in [6, 6.07) is 2.21. The molecule has 3 atom stereocenters. The fourth-order valence-corrected chi connectivity index (χ4v) is 1.80. The Bertz CT molecular complexity index is 189. The maximum atomic E-state index is 10.6.